The fraction of sp³-hybridized carbons (Fsp3) is 0. The van der Waals surface area contributed by atoms with Crippen LogP contribution in [0.3, 0.4) is 0 Å². The minimum atomic E-state index is -0.174. The average molecular weight is 429 g/mol. The summed E-state index contributed by atoms with van der Waals surface area (Å²) >= 11 is 5.10. The summed E-state index contributed by atoms with van der Waals surface area (Å²) in [6.45, 7) is 0. The van der Waals surface area contributed by atoms with Crippen molar-refractivity contribution in [1.29, 1.82) is 0 Å². The van der Waals surface area contributed by atoms with E-state index >= 15 is 0 Å². The highest BCUT2D eigenvalue weighted by molar-refractivity contribution is 7.31. The minimum Gasteiger partial charge on any atom is -0.288 e. The van der Waals surface area contributed by atoms with Gasteiger partial charge in [-0.15, -0.1) is 34.0 Å². The lowest BCUT2D eigenvalue weighted by Crippen LogP contribution is -1.99. The van der Waals surface area contributed by atoms with Gasteiger partial charge in [0.15, 0.2) is 11.6 Å². The van der Waals surface area contributed by atoms with Gasteiger partial charge in [-0.05, 0) is 52.6 Å². The van der Waals surface area contributed by atoms with E-state index in [0.717, 1.165) is 15.6 Å². The summed E-state index contributed by atoms with van der Waals surface area (Å²) in [7, 11) is 0. The summed E-state index contributed by atoms with van der Waals surface area (Å²) in [5, 5.41) is 4.04. The molecule has 3 aromatic heterocycles. The molecule has 0 saturated heterocycles. The van der Waals surface area contributed by atoms with Gasteiger partial charge in [0, 0.05) is 35.2 Å². The second kappa shape index (κ2) is 6.32. The second-order valence-corrected chi connectivity index (χ2v) is 10.1. The van der Waals surface area contributed by atoms with Gasteiger partial charge in [-0.2, -0.15) is 0 Å². The van der Waals surface area contributed by atoms with Gasteiger partial charge in [-0.1, -0.05) is 30.3 Å². The molecule has 0 atom stereocenters. The topological polar surface area (TPSA) is 34.1 Å². The molecule has 0 aliphatic heterocycles. The maximum atomic E-state index is 12.9. The summed E-state index contributed by atoms with van der Waals surface area (Å²) in [6.07, 6.45) is 1.76. The number of hydrogen-bond acceptors (Lipinski definition) is 5. The Balaban J connectivity index is 1.41. The SMILES string of the molecule is O=C1C(=Cc2cc3sc(-c4cccs4)cc3s2)C(=O)c2cc3ccccc3cc21. The largest absolute Gasteiger partial charge is 0.288 e. The first-order valence-electron chi connectivity index (χ1n) is 9.08. The molecule has 2 nitrogen and oxygen atoms in total. The predicted octanol–water partition coefficient (Wildman–Crippen LogP) is 7.31. The van der Waals surface area contributed by atoms with E-state index in [9.17, 15) is 9.59 Å². The van der Waals surface area contributed by atoms with Crippen LogP contribution in [0.4, 0.5) is 0 Å². The highest BCUT2D eigenvalue weighted by Gasteiger charge is 2.33. The van der Waals surface area contributed by atoms with Gasteiger partial charge in [0.25, 0.3) is 0 Å². The molecular formula is C24H12O2S3. The quantitative estimate of drug-likeness (QED) is 0.218. The van der Waals surface area contributed by atoms with E-state index in [1.54, 1.807) is 40.1 Å². The smallest absolute Gasteiger partial charge is 0.197 e. The Morgan fingerprint density at radius 1 is 0.690 bits per heavy atom. The maximum absolute atomic E-state index is 12.9. The molecule has 1 aliphatic rings. The first-order chi connectivity index (χ1) is 14.2. The molecule has 0 radical (unpaired) electrons. The Morgan fingerprint density at radius 3 is 2.00 bits per heavy atom. The molecule has 0 bridgehead atoms. The molecule has 1 aliphatic carbocycles. The van der Waals surface area contributed by atoms with Crippen LogP contribution in [-0.2, 0) is 0 Å². The normalized spacial score (nSPS) is 13.6. The van der Waals surface area contributed by atoms with Crippen molar-refractivity contribution < 1.29 is 9.59 Å². The van der Waals surface area contributed by atoms with E-state index < -0.39 is 0 Å². The lowest BCUT2D eigenvalue weighted by molar-refractivity contribution is 0.0990. The van der Waals surface area contributed by atoms with Crippen molar-refractivity contribution in [2.24, 2.45) is 0 Å². The van der Waals surface area contributed by atoms with Crippen LogP contribution in [0.15, 0.2) is 71.6 Å². The summed E-state index contributed by atoms with van der Waals surface area (Å²) in [4.78, 5) is 29.3. The molecule has 0 unspecified atom stereocenters. The number of allylic oxidation sites excluding steroid dienone is 1. The third kappa shape index (κ3) is 2.66. The maximum Gasteiger partial charge on any atom is 0.197 e. The number of thiophene rings is 3. The van der Waals surface area contributed by atoms with Crippen molar-refractivity contribution in [3.8, 4) is 9.75 Å². The van der Waals surface area contributed by atoms with Gasteiger partial charge in [-0.3, -0.25) is 9.59 Å². The zero-order valence-corrected chi connectivity index (χ0v) is 17.4. The molecule has 0 N–H and O–H groups in total. The van der Waals surface area contributed by atoms with Crippen LogP contribution < -0.4 is 0 Å². The fourth-order valence-corrected chi connectivity index (χ4v) is 6.92. The van der Waals surface area contributed by atoms with Crippen LogP contribution in [0, 0.1) is 0 Å². The molecule has 3 heterocycles. The number of benzene rings is 2. The molecular weight excluding hydrogens is 416 g/mol. The van der Waals surface area contributed by atoms with Crippen LogP contribution >= 0.6 is 34.0 Å². The van der Waals surface area contributed by atoms with Crippen LogP contribution in [0.25, 0.3) is 36.0 Å². The third-order valence-corrected chi connectivity index (χ3v) is 8.45. The third-order valence-electron chi connectivity index (χ3n) is 5.14. The number of rotatable bonds is 2. The lowest BCUT2D eigenvalue weighted by Gasteiger charge is -2.00. The van der Waals surface area contributed by atoms with Gasteiger partial charge in [-0.25, -0.2) is 0 Å². The van der Waals surface area contributed by atoms with E-state index in [-0.39, 0.29) is 17.1 Å². The number of carbonyl (C=O) groups excluding carboxylic acids is 2. The first-order valence-corrected chi connectivity index (χ1v) is 11.6. The van der Waals surface area contributed by atoms with Gasteiger partial charge >= 0.3 is 0 Å². The zero-order valence-electron chi connectivity index (χ0n) is 15.0. The van der Waals surface area contributed by atoms with Crippen molar-refractivity contribution >= 4 is 71.8 Å². The van der Waals surface area contributed by atoms with Crippen LogP contribution in [0.5, 0.6) is 0 Å². The van der Waals surface area contributed by atoms with E-state index in [1.165, 1.54) is 19.2 Å². The first kappa shape index (κ1) is 17.0. The highest BCUT2D eigenvalue weighted by atomic mass is 32.1. The molecule has 6 rings (SSSR count). The lowest BCUT2D eigenvalue weighted by atomic mass is 10.0. The molecule has 0 saturated carbocycles. The van der Waals surface area contributed by atoms with Crippen molar-refractivity contribution in [1.82, 2.24) is 0 Å². The Labute approximate surface area is 178 Å². The van der Waals surface area contributed by atoms with Gasteiger partial charge in [0.05, 0.1) is 5.57 Å². The monoisotopic (exact) mass is 428 g/mol. The van der Waals surface area contributed by atoms with Crippen LogP contribution in [0.1, 0.15) is 25.6 Å². The van der Waals surface area contributed by atoms with E-state index in [2.05, 4.69) is 29.6 Å². The van der Waals surface area contributed by atoms with Crippen molar-refractivity contribution in [2.75, 3.05) is 0 Å². The standard InChI is InChI=1S/C24H12O2S3/c25-23-16-8-13-4-1-2-5-14(13)9-17(16)24(26)18(23)10-15-11-20-22(28-15)12-21(29-20)19-6-3-7-27-19/h1-12H. The number of Topliss-reactive ketones (excluding diaryl/α,β-unsaturated/α-hetero) is 2. The molecule has 0 spiro atoms. The Bertz CT molecular complexity index is 1390. The molecule has 2 aromatic carbocycles. The fourth-order valence-electron chi connectivity index (χ4n) is 3.75. The summed E-state index contributed by atoms with van der Waals surface area (Å²) in [5.41, 5.74) is 1.29. The Morgan fingerprint density at radius 2 is 1.38 bits per heavy atom. The molecule has 138 valence electrons. The van der Waals surface area contributed by atoms with E-state index in [4.69, 9.17) is 0 Å². The van der Waals surface area contributed by atoms with Gasteiger partial charge in [0.1, 0.15) is 0 Å². The highest BCUT2D eigenvalue weighted by Crippen LogP contribution is 2.41. The van der Waals surface area contributed by atoms with Crippen LogP contribution in [-0.4, -0.2) is 11.6 Å². The minimum absolute atomic E-state index is 0.174. The van der Waals surface area contributed by atoms with E-state index in [1.807, 2.05) is 36.4 Å². The molecule has 5 aromatic rings. The molecule has 0 fully saturated rings. The molecule has 5 heteroatoms. The summed E-state index contributed by atoms with van der Waals surface area (Å²) in [5.74, 6) is -0.349. The van der Waals surface area contributed by atoms with Crippen molar-refractivity contribution in [3.63, 3.8) is 0 Å². The Hall–Kier alpha value is -2.86. The average Bonchev–Trinajstić information content (AvgIpc) is 3.48. The molecule has 0 amide bonds. The Kier molecular flexibility index (Phi) is 3.71. The van der Waals surface area contributed by atoms with Crippen molar-refractivity contribution in [3.05, 3.63) is 87.6 Å². The predicted molar refractivity (Wildman–Crippen MR) is 124 cm³/mol. The molecule has 29 heavy (non-hydrogen) atoms. The van der Waals surface area contributed by atoms with Gasteiger partial charge in [0.2, 0.25) is 0 Å². The summed E-state index contributed by atoms with van der Waals surface area (Å²) in [6, 6.07) is 19.9. The number of carbonyl (C=O) groups is 2. The zero-order chi connectivity index (χ0) is 19.5. The van der Waals surface area contributed by atoms with Crippen LogP contribution in [0.2, 0.25) is 0 Å². The van der Waals surface area contributed by atoms with E-state index in [0.29, 0.717) is 11.1 Å². The second-order valence-electron chi connectivity index (χ2n) is 6.93. The summed E-state index contributed by atoms with van der Waals surface area (Å²) < 4.78 is 2.37. The number of fused-ring (bicyclic) bond motifs is 3. The van der Waals surface area contributed by atoms with Gasteiger partial charge < -0.3 is 0 Å². The number of ketones is 2. The van der Waals surface area contributed by atoms with Crippen molar-refractivity contribution in [2.45, 2.75) is 0 Å². The number of hydrogen-bond donors (Lipinski definition) is 0.